The Labute approximate surface area is 168 Å². The zero-order valence-corrected chi connectivity index (χ0v) is 16.6. The Morgan fingerprint density at radius 1 is 1.11 bits per heavy atom. The number of esters is 2. The largest absolute Gasteiger partial charge is 0.465 e. The zero-order valence-electron chi connectivity index (χ0n) is 14.9. The maximum atomic E-state index is 12.4. The highest BCUT2D eigenvalue weighted by molar-refractivity contribution is 8.00. The molecule has 0 saturated carbocycles. The number of nitrogens with one attached hydrogen (secondary N) is 1. The molecule has 1 amide bonds. The van der Waals surface area contributed by atoms with Crippen LogP contribution in [0.3, 0.4) is 0 Å². The van der Waals surface area contributed by atoms with Crippen LogP contribution >= 0.6 is 23.1 Å². The first-order valence-corrected chi connectivity index (χ1v) is 9.81. The SMILES string of the molecule is COC(=O)c1ccc(C(=O)OC)c(NC(=O)CSc2ncnc3sccc23)c1. The standard InChI is InChI=1S/C18H15N3O5S2/c1-25-17(23)10-3-4-11(18(24)26-2)13(7-10)21-14(22)8-28-16-12-5-6-27-15(12)19-9-20-16/h3-7,9H,8H2,1-2H3,(H,21,22). The molecule has 0 atom stereocenters. The Hall–Kier alpha value is -2.98. The molecular weight excluding hydrogens is 402 g/mol. The van der Waals surface area contributed by atoms with E-state index in [1.807, 2.05) is 11.4 Å². The van der Waals surface area contributed by atoms with E-state index in [4.69, 9.17) is 4.74 Å². The van der Waals surface area contributed by atoms with Crippen molar-refractivity contribution in [1.82, 2.24) is 9.97 Å². The summed E-state index contributed by atoms with van der Waals surface area (Å²) in [6.07, 6.45) is 1.45. The second-order valence-corrected chi connectivity index (χ2v) is 7.26. The minimum Gasteiger partial charge on any atom is -0.465 e. The van der Waals surface area contributed by atoms with Gasteiger partial charge in [-0.25, -0.2) is 19.6 Å². The monoisotopic (exact) mass is 417 g/mol. The molecule has 2 heterocycles. The fourth-order valence-electron chi connectivity index (χ4n) is 2.38. The summed E-state index contributed by atoms with van der Waals surface area (Å²) in [7, 11) is 2.48. The highest BCUT2D eigenvalue weighted by atomic mass is 32.2. The highest BCUT2D eigenvalue weighted by Gasteiger charge is 2.18. The molecule has 0 aliphatic rings. The summed E-state index contributed by atoms with van der Waals surface area (Å²) in [5.74, 6) is -1.51. The number of hydrogen-bond acceptors (Lipinski definition) is 9. The van der Waals surface area contributed by atoms with Gasteiger partial charge in [0.05, 0.1) is 36.8 Å². The van der Waals surface area contributed by atoms with Crippen molar-refractivity contribution in [3.63, 3.8) is 0 Å². The predicted molar refractivity (Wildman–Crippen MR) is 106 cm³/mol. The second kappa shape index (κ2) is 8.81. The molecule has 1 N–H and O–H groups in total. The minimum atomic E-state index is -0.629. The third-order valence-corrected chi connectivity index (χ3v) is 5.51. The van der Waals surface area contributed by atoms with Crippen molar-refractivity contribution in [3.05, 3.63) is 47.1 Å². The van der Waals surface area contributed by atoms with Gasteiger partial charge in [0, 0.05) is 5.39 Å². The first-order valence-electron chi connectivity index (χ1n) is 7.95. The Morgan fingerprint density at radius 2 is 1.89 bits per heavy atom. The first kappa shape index (κ1) is 19.8. The van der Waals surface area contributed by atoms with Crippen LogP contribution in [0.4, 0.5) is 5.69 Å². The maximum absolute atomic E-state index is 12.4. The number of anilines is 1. The van der Waals surface area contributed by atoms with Crippen LogP contribution in [-0.4, -0.2) is 47.8 Å². The third-order valence-electron chi connectivity index (χ3n) is 3.69. The molecule has 0 aliphatic carbocycles. The number of rotatable bonds is 6. The van der Waals surface area contributed by atoms with Crippen LogP contribution in [0.25, 0.3) is 10.2 Å². The molecule has 3 aromatic rings. The van der Waals surface area contributed by atoms with Crippen molar-refractivity contribution in [2.24, 2.45) is 0 Å². The van der Waals surface area contributed by atoms with Gasteiger partial charge in [-0.05, 0) is 29.6 Å². The number of carbonyl (C=O) groups excluding carboxylic acids is 3. The van der Waals surface area contributed by atoms with E-state index in [-0.39, 0.29) is 28.5 Å². The molecule has 0 aliphatic heterocycles. The molecule has 144 valence electrons. The quantitative estimate of drug-likeness (QED) is 0.370. The number of fused-ring (bicyclic) bond motifs is 1. The molecule has 1 aromatic carbocycles. The Morgan fingerprint density at radius 3 is 2.64 bits per heavy atom. The molecule has 2 aromatic heterocycles. The van der Waals surface area contributed by atoms with Crippen molar-refractivity contribution in [2.45, 2.75) is 5.03 Å². The molecule has 8 nitrogen and oxygen atoms in total. The van der Waals surface area contributed by atoms with Crippen LogP contribution < -0.4 is 5.32 Å². The van der Waals surface area contributed by atoms with E-state index in [0.29, 0.717) is 5.03 Å². The number of hydrogen-bond donors (Lipinski definition) is 1. The number of carbonyl (C=O) groups is 3. The minimum absolute atomic E-state index is 0.0605. The average molecular weight is 417 g/mol. The number of methoxy groups -OCH3 is 2. The van der Waals surface area contributed by atoms with Gasteiger partial charge in [0.15, 0.2) is 0 Å². The number of aromatic nitrogens is 2. The van der Waals surface area contributed by atoms with E-state index in [0.717, 1.165) is 10.2 Å². The van der Waals surface area contributed by atoms with Crippen molar-refractivity contribution in [3.8, 4) is 0 Å². The molecule has 0 spiro atoms. The van der Waals surface area contributed by atoms with Gasteiger partial charge in [0.1, 0.15) is 16.2 Å². The first-order chi connectivity index (χ1) is 13.5. The molecule has 28 heavy (non-hydrogen) atoms. The van der Waals surface area contributed by atoms with E-state index in [2.05, 4.69) is 20.0 Å². The van der Waals surface area contributed by atoms with Gasteiger partial charge < -0.3 is 14.8 Å². The maximum Gasteiger partial charge on any atom is 0.339 e. The zero-order chi connectivity index (χ0) is 20.1. The number of benzene rings is 1. The summed E-state index contributed by atoms with van der Waals surface area (Å²) in [4.78, 5) is 45.4. The normalized spacial score (nSPS) is 10.5. The van der Waals surface area contributed by atoms with Crippen molar-refractivity contribution >= 4 is 56.8 Å². The fourth-order valence-corrected chi connectivity index (χ4v) is 3.96. The van der Waals surface area contributed by atoms with E-state index >= 15 is 0 Å². The predicted octanol–water partition coefficient (Wildman–Crippen LogP) is 3.00. The lowest BCUT2D eigenvalue weighted by Crippen LogP contribution is -2.18. The molecule has 10 heteroatoms. The molecule has 3 rings (SSSR count). The van der Waals surface area contributed by atoms with Crippen LogP contribution in [0.1, 0.15) is 20.7 Å². The summed E-state index contributed by atoms with van der Waals surface area (Å²) in [6, 6.07) is 6.11. The average Bonchev–Trinajstić information content (AvgIpc) is 3.20. The lowest BCUT2D eigenvalue weighted by Gasteiger charge is -2.11. The number of thioether (sulfide) groups is 1. The topological polar surface area (TPSA) is 107 Å². The van der Waals surface area contributed by atoms with Gasteiger partial charge in [-0.1, -0.05) is 11.8 Å². The summed E-state index contributed by atoms with van der Waals surface area (Å²) in [5.41, 5.74) is 0.508. The van der Waals surface area contributed by atoms with Crippen LogP contribution in [0.5, 0.6) is 0 Å². The third kappa shape index (κ3) is 4.29. The number of ether oxygens (including phenoxy) is 2. The Bertz CT molecular complexity index is 1050. The highest BCUT2D eigenvalue weighted by Crippen LogP contribution is 2.28. The van der Waals surface area contributed by atoms with E-state index in [1.54, 1.807) is 0 Å². The van der Waals surface area contributed by atoms with Crippen molar-refractivity contribution < 1.29 is 23.9 Å². The van der Waals surface area contributed by atoms with Gasteiger partial charge in [-0.3, -0.25) is 4.79 Å². The van der Waals surface area contributed by atoms with Gasteiger partial charge in [-0.15, -0.1) is 11.3 Å². The molecular formula is C18H15N3O5S2. The summed E-state index contributed by atoms with van der Waals surface area (Å²) < 4.78 is 9.40. The lowest BCUT2D eigenvalue weighted by atomic mass is 10.1. The summed E-state index contributed by atoms with van der Waals surface area (Å²) in [6.45, 7) is 0. The fraction of sp³-hybridized carbons (Fsp3) is 0.167. The Kier molecular flexibility index (Phi) is 6.22. The molecule has 0 unspecified atom stereocenters. The van der Waals surface area contributed by atoms with Gasteiger partial charge >= 0.3 is 11.9 Å². The Balaban J connectivity index is 1.77. The van der Waals surface area contributed by atoms with Crippen LogP contribution in [0, 0.1) is 0 Å². The summed E-state index contributed by atoms with van der Waals surface area (Å²) in [5, 5.41) is 6.13. The summed E-state index contributed by atoms with van der Waals surface area (Å²) >= 11 is 2.74. The number of thiophene rings is 1. The second-order valence-electron chi connectivity index (χ2n) is 5.40. The lowest BCUT2D eigenvalue weighted by molar-refractivity contribution is -0.113. The van der Waals surface area contributed by atoms with Crippen LogP contribution in [-0.2, 0) is 14.3 Å². The smallest absolute Gasteiger partial charge is 0.339 e. The molecule has 0 saturated heterocycles. The molecule has 0 fully saturated rings. The van der Waals surface area contributed by atoms with Crippen LogP contribution in [0.2, 0.25) is 0 Å². The molecule has 0 radical (unpaired) electrons. The number of nitrogens with zero attached hydrogens (tertiary/aromatic N) is 2. The van der Waals surface area contributed by atoms with Gasteiger partial charge in [0.2, 0.25) is 5.91 Å². The van der Waals surface area contributed by atoms with E-state index < -0.39 is 11.9 Å². The number of amides is 1. The van der Waals surface area contributed by atoms with Gasteiger partial charge in [-0.2, -0.15) is 0 Å². The van der Waals surface area contributed by atoms with Crippen molar-refractivity contribution in [2.75, 3.05) is 25.3 Å². The molecule has 0 bridgehead atoms. The van der Waals surface area contributed by atoms with E-state index in [9.17, 15) is 14.4 Å². The van der Waals surface area contributed by atoms with Gasteiger partial charge in [0.25, 0.3) is 0 Å². The van der Waals surface area contributed by atoms with E-state index in [1.165, 1.54) is 61.8 Å². The van der Waals surface area contributed by atoms with Crippen molar-refractivity contribution in [1.29, 1.82) is 0 Å². The van der Waals surface area contributed by atoms with Crippen LogP contribution in [0.15, 0.2) is 41.0 Å².